The van der Waals surface area contributed by atoms with Crippen LogP contribution in [0.15, 0.2) is 12.1 Å². The van der Waals surface area contributed by atoms with Gasteiger partial charge in [-0.2, -0.15) is 0 Å². The smallest absolute Gasteiger partial charge is 0.257 e. The number of carbonyl (C=O) groups is 1. The summed E-state index contributed by atoms with van der Waals surface area (Å²) in [4.78, 5) is 14.4. The number of hydrogen-bond acceptors (Lipinski definition) is 2. The number of methoxy groups -OCH3 is 1. The van der Waals surface area contributed by atoms with Crippen molar-refractivity contribution in [3.63, 3.8) is 0 Å². The van der Waals surface area contributed by atoms with Crippen LogP contribution in [0.4, 0.5) is 0 Å². The maximum absolute atomic E-state index is 12.5. The number of aryl methyl sites for hydroxylation is 1. The molecule has 3 nitrogen and oxygen atoms in total. The van der Waals surface area contributed by atoms with Crippen LogP contribution in [0.3, 0.4) is 0 Å². The Morgan fingerprint density at radius 1 is 1.28 bits per heavy atom. The predicted molar refractivity (Wildman–Crippen MR) is 80.2 cm³/mol. The van der Waals surface area contributed by atoms with Crippen molar-refractivity contribution in [1.29, 1.82) is 0 Å². The van der Waals surface area contributed by atoms with Gasteiger partial charge >= 0.3 is 0 Å². The molecule has 0 radical (unpaired) electrons. The lowest BCUT2D eigenvalue weighted by molar-refractivity contribution is 0.0721. The molecule has 1 aromatic carbocycles. The van der Waals surface area contributed by atoms with Crippen molar-refractivity contribution in [1.82, 2.24) is 4.90 Å². The van der Waals surface area contributed by atoms with Gasteiger partial charge in [0.15, 0.2) is 0 Å². The third-order valence-electron chi connectivity index (χ3n) is 3.35. The van der Waals surface area contributed by atoms with Gasteiger partial charge in [-0.3, -0.25) is 4.79 Å². The van der Waals surface area contributed by atoms with Crippen molar-refractivity contribution in [2.75, 3.05) is 20.2 Å². The average molecular weight is 359 g/mol. The number of amides is 1. The molecule has 0 atom stereocenters. The zero-order valence-corrected chi connectivity index (χ0v) is 13.0. The molecule has 1 aromatic rings. The number of hydrogen-bond donors (Lipinski definition) is 0. The minimum atomic E-state index is 0.101. The lowest BCUT2D eigenvalue weighted by Crippen LogP contribution is -2.35. The average Bonchev–Trinajstić information content (AvgIpc) is 2.41. The summed E-state index contributed by atoms with van der Waals surface area (Å²) in [7, 11) is 1.62. The fourth-order valence-corrected chi connectivity index (χ4v) is 2.73. The fraction of sp³-hybridized carbons (Fsp3) is 0.500. The van der Waals surface area contributed by atoms with E-state index in [1.165, 1.54) is 6.42 Å². The van der Waals surface area contributed by atoms with Gasteiger partial charge in [0.2, 0.25) is 0 Å². The molecule has 0 aliphatic carbocycles. The van der Waals surface area contributed by atoms with Crippen molar-refractivity contribution in [2.24, 2.45) is 0 Å². The Morgan fingerprint density at radius 2 is 1.94 bits per heavy atom. The second-order valence-corrected chi connectivity index (χ2v) is 5.82. The van der Waals surface area contributed by atoms with Crippen LogP contribution in [0.1, 0.15) is 35.2 Å². The molecule has 1 fully saturated rings. The second kappa shape index (κ2) is 5.91. The van der Waals surface area contributed by atoms with Gasteiger partial charge in [0, 0.05) is 16.7 Å². The van der Waals surface area contributed by atoms with E-state index in [2.05, 4.69) is 22.6 Å². The molecule has 1 heterocycles. The molecule has 2 rings (SSSR count). The third-order valence-corrected chi connectivity index (χ3v) is 4.52. The number of nitrogens with zero attached hydrogens (tertiary/aromatic N) is 1. The van der Waals surface area contributed by atoms with Crippen LogP contribution >= 0.6 is 22.6 Å². The number of benzene rings is 1. The molecule has 1 aliphatic heterocycles. The first-order valence-corrected chi connectivity index (χ1v) is 7.34. The summed E-state index contributed by atoms with van der Waals surface area (Å²) in [5.41, 5.74) is 1.83. The maximum atomic E-state index is 12.5. The van der Waals surface area contributed by atoms with E-state index < -0.39 is 0 Å². The van der Waals surface area contributed by atoms with Crippen molar-refractivity contribution in [3.8, 4) is 5.75 Å². The van der Waals surface area contributed by atoms with Crippen molar-refractivity contribution in [2.45, 2.75) is 26.2 Å². The Labute approximate surface area is 122 Å². The summed E-state index contributed by atoms with van der Waals surface area (Å²) in [6, 6.07) is 3.88. The second-order valence-electron chi connectivity index (χ2n) is 4.65. The first kappa shape index (κ1) is 13.6. The topological polar surface area (TPSA) is 29.5 Å². The molecule has 1 aliphatic rings. The van der Waals surface area contributed by atoms with Gasteiger partial charge in [-0.25, -0.2) is 0 Å². The van der Waals surface area contributed by atoms with Crippen LogP contribution in [0, 0.1) is 10.5 Å². The Kier molecular flexibility index (Phi) is 4.48. The van der Waals surface area contributed by atoms with Crippen LogP contribution in [0.5, 0.6) is 5.75 Å². The van der Waals surface area contributed by atoms with E-state index in [1.807, 2.05) is 24.0 Å². The molecule has 0 bridgehead atoms. The molecule has 18 heavy (non-hydrogen) atoms. The van der Waals surface area contributed by atoms with Crippen molar-refractivity contribution < 1.29 is 9.53 Å². The highest BCUT2D eigenvalue weighted by Crippen LogP contribution is 2.26. The largest absolute Gasteiger partial charge is 0.496 e. The Hall–Kier alpha value is -0.780. The van der Waals surface area contributed by atoms with Crippen LogP contribution in [0.25, 0.3) is 0 Å². The van der Waals surface area contributed by atoms with Crippen molar-refractivity contribution in [3.05, 3.63) is 26.8 Å². The highest BCUT2D eigenvalue weighted by atomic mass is 127. The third kappa shape index (κ3) is 2.79. The van der Waals surface area contributed by atoms with E-state index in [9.17, 15) is 4.79 Å². The fourth-order valence-electron chi connectivity index (χ4n) is 2.26. The number of likely N-dealkylation sites (tertiary alicyclic amines) is 1. The minimum absolute atomic E-state index is 0.101. The zero-order valence-electron chi connectivity index (χ0n) is 10.8. The quantitative estimate of drug-likeness (QED) is 0.759. The van der Waals surface area contributed by atoms with Gasteiger partial charge in [-0.1, -0.05) is 0 Å². The molecule has 4 heteroatoms. The Morgan fingerprint density at radius 3 is 2.56 bits per heavy atom. The van der Waals surface area contributed by atoms with Gasteiger partial charge in [0.1, 0.15) is 5.75 Å². The van der Waals surface area contributed by atoms with Crippen LogP contribution in [-0.4, -0.2) is 31.0 Å². The first-order valence-electron chi connectivity index (χ1n) is 6.27. The monoisotopic (exact) mass is 359 g/mol. The van der Waals surface area contributed by atoms with Crippen LogP contribution < -0.4 is 4.74 Å². The van der Waals surface area contributed by atoms with E-state index in [0.717, 1.165) is 35.1 Å². The molecular formula is C14H18INO2. The molecule has 0 saturated carbocycles. The predicted octanol–water partition coefficient (Wildman–Crippen LogP) is 3.23. The molecule has 0 aromatic heterocycles. The Bertz CT molecular complexity index is 453. The number of ether oxygens (including phenoxy) is 1. The number of carbonyl (C=O) groups excluding carboxylic acids is 1. The van der Waals surface area contributed by atoms with Crippen LogP contribution in [0.2, 0.25) is 0 Å². The van der Waals surface area contributed by atoms with Gasteiger partial charge < -0.3 is 9.64 Å². The van der Waals surface area contributed by atoms with E-state index in [0.29, 0.717) is 11.3 Å². The van der Waals surface area contributed by atoms with Gasteiger partial charge in [-0.05, 0) is 66.5 Å². The van der Waals surface area contributed by atoms with E-state index in [4.69, 9.17) is 4.74 Å². The number of rotatable bonds is 2. The lowest BCUT2D eigenvalue weighted by atomic mass is 10.1. The molecule has 1 amide bonds. The van der Waals surface area contributed by atoms with E-state index in [1.54, 1.807) is 7.11 Å². The standard InChI is InChI=1S/C14H18INO2/c1-10-8-13(18-2)11(9-12(10)15)14(17)16-6-4-3-5-7-16/h8-9H,3-7H2,1-2H3. The molecule has 98 valence electrons. The zero-order chi connectivity index (χ0) is 13.1. The normalized spacial score (nSPS) is 15.6. The SMILES string of the molecule is COc1cc(C)c(I)cc1C(=O)N1CCCCC1. The summed E-state index contributed by atoms with van der Waals surface area (Å²) < 4.78 is 6.45. The highest BCUT2D eigenvalue weighted by molar-refractivity contribution is 14.1. The maximum Gasteiger partial charge on any atom is 0.257 e. The summed E-state index contributed by atoms with van der Waals surface area (Å²) in [6.07, 6.45) is 3.44. The summed E-state index contributed by atoms with van der Waals surface area (Å²) in [5.74, 6) is 0.785. The molecule has 1 saturated heterocycles. The number of piperidine rings is 1. The summed E-state index contributed by atoms with van der Waals surface area (Å²) in [6.45, 7) is 3.76. The highest BCUT2D eigenvalue weighted by Gasteiger charge is 2.22. The van der Waals surface area contributed by atoms with Crippen molar-refractivity contribution >= 4 is 28.5 Å². The van der Waals surface area contributed by atoms with E-state index >= 15 is 0 Å². The van der Waals surface area contributed by atoms with Gasteiger partial charge in [0.25, 0.3) is 5.91 Å². The molecule has 0 N–H and O–H groups in total. The van der Waals surface area contributed by atoms with Gasteiger partial charge in [0.05, 0.1) is 12.7 Å². The molecule has 0 unspecified atom stereocenters. The first-order chi connectivity index (χ1) is 8.63. The minimum Gasteiger partial charge on any atom is -0.496 e. The molecule has 0 spiro atoms. The van der Waals surface area contributed by atoms with Crippen LogP contribution in [-0.2, 0) is 0 Å². The number of halogens is 1. The lowest BCUT2D eigenvalue weighted by Gasteiger charge is -2.27. The van der Waals surface area contributed by atoms with Gasteiger partial charge in [-0.15, -0.1) is 0 Å². The Balaban J connectivity index is 2.31. The summed E-state index contributed by atoms with van der Waals surface area (Å²) >= 11 is 2.26. The summed E-state index contributed by atoms with van der Waals surface area (Å²) in [5, 5.41) is 0. The van der Waals surface area contributed by atoms with E-state index in [-0.39, 0.29) is 5.91 Å². The molecular weight excluding hydrogens is 341 g/mol.